The van der Waals surface area contributed by atoms with E-state index in [0.29, 0.717) is 24.5 Å². The van der Waals surface area contributed by atoms with E-state index in [2.05, 4.69) is 32.6 Å². The van der Waals surface area contributed by atoms with Crippen molar-refractivity contribution in [3.63, 3.8) is 0 Å². The van der Waals surface area contributed by atoms with Crippen LogP contribution >= 0.6 is 11.3 Å². The van der Waals surface area contributed by atoms with Crippen molar-refractivity contribution in [3.8, 4) is 0 Å². The van der Waals surface area contributed by atoms with Crippen molar-refractivity contribution in [3.05, 3.63) is 23.7 Å². The normalized spacial score (nSPS) is 28.3. The molecule has 0 aromatic carbocycles. The molecule has 0 bridgehead atoms. The van der Waals surface area contributed by atoms with Crippen LogP contribution in [0.2, 0.25) is 0 Å². The van der Waals surface area contributed by atoms with E-state index in [1.54, 1.807) is 18.4 Å². The molecule has 1 aliphatic heterocycles. The molecule has 3 aliphatic rings. The molecule has 5 rings (SSSR count). The quantitative estimate of drug-likeness (QED) is 0.550. The van der Waals surface area contributed by atoms with Crippen LogP contribution in [0.25, 0.3) is 10.1 Å². The smallest absolute Gasteiger partial charge is 0.220 e. The largest absolute Gasteiger partial charge is 0.381 e. The summed E-state index contributed by atoms with van der Waals surface area (Å²) in [6.07, 6.45) is 13.6. The monoisotopic (exact) mass is 498 g/mol. The summed E-state index contributed by atoms with van der Waals surface area (Å²) in [5.74, 6) is 2.73. The van der Waals surface area contributed by atoms with Crippen molar-refractivity contribution < 1.29 is 9.53 Å². The lowest BCUT2D eigenvalue weighted by Crippen LogP contribution is -2.47. The number of hydrogen-bond acceptors (Lipinski definition) is 6. The van der Waals surface area contributed by atoms with E-state index >= 15 is 0 Å². The molecular weight excluding hydrogens is 456 g/mol. The molecule has 2 aliphatic carbocycles. The maximum absolute atomic E-state index is 12.6. The van der Waals surface area contributed by atoms with Gasteiger partial charge in [-0.2, -0.15) is 0 Å². The minimum Gasteiger partial charge on any atom is -0.381 e. The Balaban J connectivity index is 0.980. The number of methoxy groups -OCH3 is 1. The van der Waals surface area contributed by atoms with Crippen molar-refractivity contribution in [1.82, 2.24) is 15.2 Å². The molecular formula is C28H42N4O2S. The molecule has 0 radical (unpaired) electrons. The molecule has 2 atom stereocenters. The fourth-order valence-corrected chi connectivity index (χ4v) is 7.24. The third kappa shape index (κ3) is 6.55. The average molecular weight is 499 g/mol. The predicted octanol–water partition coefficient (Wildman–Crippen LogP) is 5.08. The molecule has 7 heteroatoms. The van der Waals surface area contributed by atoms with Crippen molar-refractivity contribution in [2.45, 2.75) is 76.4 Å². The number of nitrogens with zero attached hydrogens (tertiary/aromatic N) is 3. The highest BCUT2D eigenvalue weighted by Gasteiger charge is 2.27. The van der Waals surface area contributed by atoms with Crippen molar-refractivity contribution in [2.75, 3.05) is 44.7 Å². The SMILES string of the molecule is CO[C@@H]1CCC[C@@H](CC(=O)N[C@H]2CC[C@H](CCN3CCN(c4nccc5sccc45)CC3)CC2)C1. The van der Waals surface area contributed by atoms with Gasteiger partial charge in [-0.3, -0.25) is 9.69 Å². The highest BCUT2D eigenvalue weighted by molar-refractivity contribution is 7.17. The lowest BCUT2D eigenvalue weighted by molar-refractivity contribution is -0.123. The van der Waals surface area contributed by atoms with Gasteiger partial charge >= 0.3 is 0 Å². The number of pyridine rings is 1. The first-order valence-corrected chi connectivity index (χ1v) is 14.7. The van der Waals surface area contributed by atoms with Gasteiger partial charge in [-0.05, 0) is 87.3 Å². The number of aromatic nitrogens is 1. The number of thiophene rings is 1. The molecule has 2 aromatic rings. The maximum Gasteiger partial charge on any atom is 0.220 e. The van der Waals surface area contributed by atoms with Crippen LogP contribution < -0.4 is 10.2 Å². The lowest BCUT2D eigenvalue weighted by atomic mass is 9.83. The van der Waals surface area contributed by atoms with Crippen LogP contribution in [0.5, 0.6) is 0 Å². The fourth-order valence-electron chi connectivity index (χ4n) is 6.47. The Morgan fingerprint density at radius 1 is 1.09 bits per heavy atom. The Kier molecular flexibility index (Phi) is 8.58. The van der Waals surface area contributed by atoms with E-state index in [-0.39, 0.29) is 5.91 Å². The molecule has 6 nitrogen and oxygen atoms in total. The molecule has 3 heterocycles. The van der Waals surface area contributed by atoms with Gasteiger partial charge < -0.3 is 15.0 Å². The van der Waals surface area contributed by atoms with Crippen LogP contribution in [0.15, 0.2) is 23.7 Å². The zero-order valence-corrected chi connectivity index (χ0v) is 22.1. The minimum atomic E-state index is 0.265. The average Bonchev–Trinajstić information content (AvgIpc) is 3.38. The van der Waals surface area contributed by atoms with E-state index in [9.17, 15) is 4.79 Å². The van der Waals surface area contributed by atoms with Crippen LogP contribution in [0.3, 0.4) is 0 Å². The summed E-state index contributed by atoms with van der Waals surface area (Å²) in [6, 6.07) is 4.71. The predicted molar refractivity (Wildman–Crippen MR) is 144 cm³/mol. The van der Waals surface area contributed by atoms with E-state index < -0.39 is 0 Å². The van der Waals surface area contributed by atoms with Gasteiger partial charge in [0.2, 0.25) is 5.91 Å². The molecule has 1 amide bonds. The summed E-state index contributed by atoms with van der Waals surface area (Å²) in [6.45, 7) is 5.57. The summed E-state index contributed by atoms with van der Waals surface area (Å²) in [5.41, 5.74) is 0. The summed E-state index contributed by atoms with van der Waals surface area (Å²) in [5, 5.41) is 6.82. The third-order valence-corrected chi connectivity index (χ3v) is 9.52. The highest BCUT2D eigenvalue weighted by atomic mass is 32.1. The first-order valence-electron chi connectivity index (χ1n) is 13.8. The number of nitrogens with one attached hydrogen (secondary N) is 1. The Morgan fingerprint density at radius 3 is 2.71 bits per heavy atom. The van der Waals surface area contributed by atoms with E-state index in [0.717, 1.165) is 63.6 Å². The van der Waals surface area contributed by atoms with Gasteiger partial charge in [0, 0.05) is 62.0 Å². The van der Waals surface area contributed by atoms with Gasteiger partial charge in [0.15, 0.2) is 0 Å². The van der Waals surface area contributed by atoms with Crippen molar-refractivity contribution in [1.29, 1.82) is 0 Å². The first-order chi connectivity index (χ1) is 17.2. The second kappa shape index (κ2) is 12.0. The number of rotatable bonds is 8. The van der Waals surface area contributed by atoms with Gasteiger partial charge in [-0.1, -0.05) is 6.42 Å². The maximum atomic E-state index is 12.6. The topological polar surface area (TPSA) is 57.7 Å². The van der Waals surface area contributed by atoms with Crippen molar-refractivity contribution >= 4 is 33.1 Å². The van der Waals surface area contributed by atoms with Crippen molar-refractivity contribution in [2.24, 2.45) is 11.8 Å². The Bertz CT molecular complexity index is 949. The van der Waals surface area contributed by atoms with E-state index in [1.807, 2.05) is 6.20 Å². The first kappa shape index (κ1) is 25.0. The van der Waals surface area contributed by atoms with Crippen LogP contribution in [0.1, 0.15) is 64.2 Å². The fraction of sp³-hybridized carbons (Fsp3) is 0.714. The van der Waals surface area contributed by atoms with Gasteiger partial charge in [-0.15, -0.1) is 11.3 Å². The second-order valence-corrected chi connectivity index (χ2v) is 11.9. The van der Waals surface area contributed by atoms with E-state index in [4.69, 9.17) is 9.72 Å². The molecule has 2 saturated carbocycles. The number of amides is 1. The molecule has 2 aromatic heterocycles. The molecule has 35 heavy (non-hydrogen) atoms. The molecule has 1 saturated heterocycles. The van der Waals surface area contributed by atoms with E-state index in [1.165, 1.54) is 48.7 Å². The summed E-state index contributed by atoms with van der Waals surface area (Å²) in [7, 11) is 1.80. The number of carbonyl (C=O) groups excluding carboxylic acids is 1. The molecule has 0 spiro atoms. The number of hydrogen-bond donors (Lipinski definition) is 1. The lowest BCUT2D eigenvalue weighted by Gasteiger charge is -2.37. The number of fused-ring (bicyclic) bond motifs is 1. The molecule has 3 fully saturated rings. The molecule has 1 N–H and O–H groups in total. The molecule has 192 valence electrons. The third-order valence-electron chi connectivity index (χ3n) is 8.64. The number of carbonyl (C=O) groups is 1. The van der Waals surface area contributed by atoms with Crippen LogP contribution in [0.4, 0.5) is 5.82 Å². The van der Waals surface area contributed by atoms with Crippen LogP contribution in [-0.2, 0) is 9.53 Å². The van der Waals surface area contributed by atoms with Gasteiger partial charge in [0.1, 0.15) is 5.82 Å². The van der Waals surface area contributed by atoms with Crippen LogP contribution in [-0.4, -0.2) is 67.8 Å². The van der Waals surface area contributed by atoms with Gasteiger partial charge in [0.25, 0.3) is 0 Å². The second-order valence-electron chi connectivity index (χ2n) is 11.0. The summed E-state index contributed by atoms with van der Waals surface area (Å²) in [4.78, 5) is 22.4. The number of ether oxygens (including phenoxy) is 1. The standard InChI is InChI=1S/C28H42N4O2S/c1-34-24-4-2-3-22(19-24)20-27(33)30-23-7-5-21(6-8-23)10-13-31-14-16-32(17-15-31)28-25-11-18-35-26(25)9-12-29-28/h9,11-12,18,21-24H,2-8,10,13-17,19-20H2,1H3,(H,30,33)/t21-,22-,23-,24-/m1/s1. The minimum absolute atomic E-state index is 0.265. The number of anilines is 1. The zero-order valence-electron chi connectivity index (χ0n) is 21.3. The Hall–Kier alpha value is -1.70. The Labute approximate surface area is 214 Å². The van der Waals surface area contributed by atoms with Gasteiger partial charge in [-0.25, -0.2) is 4.98 Å². The Morgan fingerprint density at radius 2 is 1.91 bits per heavy atom. The summed E-state index contributed by atoms with van der Waals surface area (Å²) >= 11 is 1.80. The highest BCUT2D eigenvalue weighted by Crippen LogP contribution is 2.31. The number of piperazine rings is 1. The van der Waals surface area contributed by atoms with Gasteiger partial charge in [0.05, 0.1) is 6.10 Å². The zero-order chi connectivity index (χ0) is 24.0. The summed E-state index contributed by atoms with van der Waals surface area (Å²) < 4.78 is 6.86. The molecule has 0 unspecified atom stereocenters. The van der Waals surface area contributed by atoms with Crippen LogP contribution in [0, 0.1) is 11.8 Å².